The van der Waals surface area contributed by atoms with Gasteiger partial charge in [0.2, 0.25) is 5.91 Å². The van der Waals surface area contributed by atoms with Crippen molar-refractivity contribution >= 4 is 23.2 Å². The summed E-state index contributed by atoms with van der Waals surface area (Å²) >= 11 is 6.10. The monoisotopic (exact) mass is 308 g/mol. The number of benzene rings is 1. The maximum Gasteiger partial charge on any atom is 0.225 e. The van der Waals surface area contributed by atoms with Crippen LogP contribution >= 0.6 is 11.6 Å². The van der Waals surface area contributed by atoms with Gasteiger partial charge in [0.15, 0.2) is 0 Å². The van der Waals surface area contributed by atoms with E-state index >= 15 is 0 Å². The lowest BCUT2D eigenvalue weighted by molar-refractivity contribution is -0.136. The molecule has 1 aromatic carbocycles. The van der Waals surface area contributed by atoms with Crippen molar-refractivity contribution < 1.29 is 4.79 Å². The minimum absolute atomic E-state index is 0.185. The van der Waals surface area contributed by atoms with Crippen molar-refractivity contribution in [3.8, 4) is 0 Å². The summed E-state index contributed by atoms with van der Waals surface area (Å²) in [6, 6.07) is 6.00. The maximum atomic E-state index is 12.4. The Morgan fingerprint density at radius 1 is 1.19 bits per heavy atom. The van der Waals surface area contributed by atoms with Crippen LogP contribution in [0.1, 0.15) is 32.3 Å². The quantitative estimate of drug-likeness (QED) is 0.846. The Bertz CT molecular complexity index is 492. The highest BCUT2D eigenvalue weighted by atomic mass is 35.5. The van der Waals surface area contributed by atoms with Crippen LogP contribution < -0.4 is 4.90 Å². The summed E-state index contributed by atoms with van der Waals surface area (Å²) in [5.74, 6) is 0.506. The predicted molar refractivity (Wildman–Crippen MR) is 89.1 cm³/mol. The first-order valence-electron chi connectivity index (χ1n) is 7.86. The van der Waals surface area contributed by atoms with Gasteiger partial charge < -0.3 is 9.80 Å². The molecule has 1 aromatic rings. The summed E-state index contributed by atoms with van der Waals surface area (Å²) < 4.78 is 0. The second-order valence-electron chi connectivity index (χ2n) is 5.76. The van der Waals surface area contributed by atoms with Gasteiger partial charge in [0.25, 0.3) is 0 Å². The molecular formula is C17H25ClN2O. The lowest BCUT2D eigenvalue weighted by Crippen LogP contribution is -2.50. The van der Waals surface area contributed by atoms with E-state index in [1.54, 1.807) is 0 Å². The van der Waals surface area contributed by atoms with E-state index < -0.39 is 0 Å². The van der Waals surface area contributed by atoms with Crippen molar-refractivity contribution in [2.75, 3.05) is 31.1 Å². The highest BCUT2D eigenvalue weighted by Crippen LogP contribution is 2.25. The van der Waals surface area contributed by atoms with Crippen LogP contribution in [0.15, 0.2) is 18.2 Å². The van der Waals surface area contributed by atoms with Crippen LogP contribution in [-0.2, 0) is 4.79 Å². The molecule has 0 N–H and O–H groups in total. The topological polar surface area (TPSA) is 23.6 Å². The number of anilines is 1. The van der Waals surface area contributed by atoms with E-state index in [9.17, 15) is 4.79 Å². The molecule has 4 heteroatoms. The van der Waals surface area contributed by atoms with Crippen molar-refractivity contribution in [2.24, 2.45) is 5.92 Å². The van der Waals surface area contributed by atoms with E-state index in [0.29, 0.717) is 5.91 Å². The molecule has 21 heavy (non-hydrogen) atoms. The molecular weight excluding hydrogens is 284 g/mol. The molecule has 0 radical (unpaired) electrons. The summed E-state index contributed by atoms with van der Waals surface area (Å²) in [6.07, 6.45) is 1.87. The second kappa shape index (κ2) is 7.17. The molecule has 0 saturated carbocycles. The van der Waals surface area contributed by atoms with Gasteiger partial charge in [-0.05, 0) is 37.5 Å². The largest absolute Gasteiger partial charge is 0.368 e. The van der Waals surface area contributed by atoms with Crippen LogP contribution in [0.25, 0.3) is 0 Å². The Morgan fingerprint density at radius 3 is 2.38 bits per heavy atom. The molecule has 1 saturated heterocycles. The smallest absolute Gasteiger partial charge is 0.225 e. The van der Waals surface area contributed by atoms with Crippen LogP contribution in [0, 0.1) is 12.8 Å². The maximum absolute atomic E-state index is 12.4. The molecule has 2 rings (SSSR count). The van der Waals surface area contributed by atoms with Gasteiger partial charge in [-0.1, -0.05) is 31.5 Å². The lowest BCUT2D eigenvalue weighted by atomic mass is 10.0. The van der Waals surface area contributed by atoms with Gasteiger partial charge in [0.05, 0.1) is 0 Å². The van der Waals surface area contributed by atoms with Gasteiger partial charge >= 0.3 is 0 Å². The van der Waals surface area contributed by atoms with Gasteiger partial charge in [-0.25, -0.2) is 0 Å². The van der Waals surface area contributed by atoms with Crippen LogP contribution in [-0.4, -0.2) is 37.0 Å². The SMILES string of the molecule is CCC(CC)C(=O)N1CCN(c2cc(Cl)ccc2C)CC1. The molecule has 0 aliphatic carbocycles. The molecule has 116 valence electrons. The number of carbonyl (C=O) groups excluding carboxylic acids is 1. The number of nitrogens with zero attached hydrogens (tertiary/aromatic N) is 2. The Hall–Kier alpha value is -1.22. The summed E-state index contributed by atoms with van der Waals surface area (Å²) in [5.41, 5.74) is 2.43. The zero-order valence-electron chi connectivity index (χ0n) is 13.2. The molecule has 0 atom stereocenters. The number of hydrogen-bond acceptors (Lipinski definition) is 2. The minimum Gasteiger partial charge on any atom is -0.368 e. The Balaban J connectivity index is 2.00. The summed E-state index contributed by atoms with van der Waals surface area (Å²) in [7, 11) is 0. The third-order valence-corrected chi connectivity index (χ3v) is 4.67. The van der Waals surface area contributed by atoms with Crippen molar-refractivity contribution in [3.05, 3.63) is 28.8 Å². The third-order valence-electron chi connectivity index (χ3n) is 4.44. The van der Waals surface area contributed by atoms with Gasteiger partial charge in [-0.3, -0.25) is 4.79 Å². The van der Waals surface area contributed by atoms with E-state index in [-0.39, 0.29) is 5.92 Å². The number of carbonyl (C=O) groups is 1. The zero-order chi connectivity index (χ0) is 15.4. The standard InChI is InChI=1S/C17H25ClN2O/c1-4-14(5-2)17(21)20-10-8-19(9-11-20)16-12-15(18)7-6-13(16)3/h6-7,12,14H,4-5,8-11H2,1-3H3. The van der Waals surface area contributed by atoms with Gasteiger partial charge in [0, 0.05) is 42.8 Å². The molecule has 1 heterocycles. The van der Waals surface area contributed by atoms with Gasteiger partial charge in [0.1, 0.15) is 0 Å². The third kappa shape index (κ3) is 3.70. The number of rotatable bonds is 4. The van der Waals surface area contributed by atoms with E-state index in [0.717, 1.165) is 44.0 Å². The van der Waals surface area contributed by atoms with Crippen molar-refractivity contribution in [3.63, 3.8) is 0 Å². The Labute approximate surface area is 132 Å². The number of hydrogen-bond donors (Lipinski definition) is 0. The zero-order valence-corrected chi connectivity index (χ0v) is 14.0. The van der Waals surface area contributed by atoms with Crippen LogP contribution in [0.3, 0.4) is 0 Å². The van der Waals surface area contributed by atoms with Crippen LogP contribution in [0.4, 0.5) is 5.69 Å². The molecule has 1 amide bonds. The first-order chi connectivity index (χ1) is 10.1. The van der Waals surface area contributed by atoms with Crippen molar-refractivity contribution in [1.82, 2.24) is 4.90 Å². The molecule has 3 nitrogen and oxygen atoms in total. The highest BCUT2D eigenvalue weighted by molar-refractivity contribution is 6.30. The molecule has 1 aliphatic rings. The number of amides is 1. The second-order valence-corrected chi connectivity index (χ2v) is 6.19. The predicted octanol–water partition coefficient (Wildman–Crippen LogP) is 3.73. The van der Waals surface area contributed by atoms with Crippen LogP contribution in [0.5, 0.6) is 0 Å². The number of aryl methyl sites for hydroxylation is 1. The van der Waals surface area contributed by atoms with Gasteiger partial charge in [-0.2, -0.15) is 0 Å². The Kier molecular flexibility index (Phi) is 5.51. The number of piperazine rings is 1. The molecule has 0 aromatic heterocycles. The highest BCUT2D eigenvalue weighted by Gasteiger charge is 2.25. The minimum atomic E-state index is 0.185. The molecule has 0 unspecified atom stereocenters. The average molecular weight is 309 g/mol. The summed E-state index contributed by atoms with van der Waals surface area (Å²) in [5, 5.41) is 0.770. The van der Waals surface area contributed by atoms with E-state index in [1.165, 1.54) is 11.3 Å². The molecule has 0 bridgehead atoms. The normalized spacial score (nSPS) is 15.7. The first-order valence-corrected chi connectivity index (χ1v) is 8.24. The van der Waals surface area contributed by atoms with Crippen LogP contribution in [0.2, 0.25) is 5.02 Å². The molecule has 0 spiro atoms. The fourth-order valence-electron chi connectivity index (χ4n) is 2.99. The fourth-order valence-corrected chi connectivity index (χ4v) is 3.15. The summed E-state index contributed by atoms with van der Waals surface area (Å²) in [6.45, 7) is 9.67. The average Bonchev–Trinajstić information content (AvgIpc) is 2.51. The van der Waals surface area contributed by atoms with Gasteiger partial charge in [-0.15, -0.1) is 0 Å². The first kappa shape index (κ1) is 16.2. The molecule has 1 fully saturated rings. The molecule has 1 aliphatic heterocycles. The lowest BCUT2D eigenvalue weighted by Gasteiger charge is -2.38. The fraction of sp³-hybridized carbons (Fsp3) is 0.588. The number of halogens is 1. The summed E-state index contributed by atoms with van der Waals surface area (Å²) in [4.78, 5) is 16.8. The Morgan fingerprint density at radius 2 is 1.81 bits per heavy atom. The van der Waals surface area contributed by atoms with Crippen molar-refractivity contribution in [2.45, 2.75) is 33.6 Å². The van der Waals surface area contributed by atoms with E-state index in [1.807, 2.05) is 17.0 Å². The van der Waals surface area contributed by atoms with Crippen molar-refractivity contribution in [1.29, 1.82) is 0 Å². The van der Waals surface area contributed by atoms with E-state index in [4.69, 9.17) is 11.6 Å². The van der Waals surface area contributed by atoms with E-state index in [2.05, 4.69) is 31.7 Å².